The van der Waals surface area contributed by atoms with Crippen molar-refractivity contribution in [2.24, 2.45) is 213 Å². The Labute approximate surface area is 763 Å². The van der Waals surface area contributed by atoms with Crippen LogP contribution in [-0.4, -0.2) is 125 Å². The lowest BCUT2D eigenvalue weighted by atomic mass is 9.46. The molecule has 2 heterocycles. The summed E-state index contributed by atoms with van der Waals surface area (Å²) in [5.74, 6) is 24.7. The minimum absolute atomic E-state index is 0.00755. The Balaban J connectivity index is 0.000000123. The second-order valence-electron chi connectivity index (χ2n) is 46.6. The van der Waals surface area contributed by atoms with Crippen molar-refractivity contribution in [2.75, 3.05) is 46.2 Å². The molecule has 0 aromatic carbocycles. The first kappa shape index (κ1) is 97.6. The lowest BCUT2D eigenvalue weighted by Gasteiger charge is -2.61. The predicted octanol–water partition coefficient (Wildman–Crippen LogP) is 23.7. The number of fused-ring (bicyclic) bond motifs is 19. The van der Waals surface area contributed by atoms with Crippen molar-refractivity contribution in [3.63, 3.8) is 0 Å². The van der Waals surface area contributed by atoms with Crippen molar-refractivity contribution >= 4 is 29.8 Å². The van der Waals surface area contributed by atoms with E-state index < -0.39 is 11.7 Å². The summed E-state index contributed by atoms with van der Waals surface area (Å²) in [7, 11) is 0. The molecule has 18 saturated carbocycles. The van der Waals surface area contributed by atoms with Crippen LogP contribution in [0.2, 0.25) is 0 Å². The van der Waals surface area contributed by atoms with Gasteiger partial charge in [0.25, 0.3) is 0 Å². The van der Waals surface area contributed by atoms with Gasteiger partial charge in [0.05, 0.1) is 56.7 Å². The van der Waals surface area contributed by atoms with E-state index >= 15 is 0 Å². The van der Waals surface area contributed by atoms with E-state index in [4.69, 9.17) is 56.8 Å². The van der Waals surface area contributed by atoms with Crippen LogP contribution in [0.3, 0.4) is 0 Å². The van der Waals surface area contributed by atoms with Crippen molar-refractivity contribution in [2.45, 2.75) is 398 Å². The molecule has 0 radical (unpaired) electrons. The fourth-order valence-electron chi connectivity index (χ4n) is 35.1. The van der Waals surface area contributed by atoms with Gasteiger partial charge in [-0.3, -0.25) is 19.2 Å². The van der Waals surface area contributed by atoms with Gasteiger partial charge in [0.15, 0.2) is 18.9 Å². The monoisotopic (exact) mass is 1760 g/mol. The molecule has 0 aromatic heterocycles. The third-order valence-electron chi connectivity index (χ3n) is 41.0. The molecule has 38 atom stereocenters. The zero-order valence-corrected chi connectivity index (χ0v) is 82.6. The Morgan fingerprint density at radius 3 is 1.33 bits per heavy atom. The summed E-state index contributed by atoms with van der Waals surface area (Å²) in [6, 6.07) is 0. The Morgan fingerprint density at radius 1 is 0.437 bits per heavy atom. The average Bonchev–Trinajstić information content (AvgIpc) is 1.43. The largest absolute Gasteiger partial charge is 0.463 e. The molecule has 14 bridgehead atoms. The van der Waals surface area contributed by atoms with E-state index in [-0.39, 0.29) is 89.9 Å². The van der Waals surface area contributed by atoms with E-state index in [0.717, 1.165) is 208 Å². The molecule has 20 fully saturated rings. The van der Waals surface area contributed by atoms with E-state index in [0.29, 0.717) is 98.4 Å². The highest BCUT2D eigenvalue weighted by Crippen LogP contribution is 2.71. The predicted molar refractivity (Wildman–Crippen MR) is 490 cm³/mol. The third-order valence-corrected chi connectivity index (χ3v) is 41.0. The quantitative estimate of drug-likeness (QED) is 0.0350. The van der Waals surface area contributed by atoms with Gasteiger partial charge in [-0.1, -0.05) is 115 Å². The average molecular weight is 1760 g/mol. The van der Waals surface area contributed by atoms with Gasteiger partial charge in [-0.05, 0) is 405 Å². The van der Waals surface area contributed by atoms with E-state index in [1.165, 1.54) is 148 Å². The van der Waals surface area contributed by atoms with Crippen LogP contribution < -0.4 is 0 Å². The minimum atomic E-state index is -0.647. The summed E-state index contributed by atoms with van der Waals surface area (Å²) in [5.41, 5.74) is -0.320. The highest BCUT2D eigenvalue weighted by Gasteiger charge is 2.67. The maximum atomic E-state index is 13.5. The molecule has 2 aliphatic heterocycles. The number of carbonyl (C=O) groups is 5. The van der Waals surface area contributed by atoms with E-state index in [2.05, 4.69) is 90.0 Å². The number of cyclic esters (lactones) is 1. The summed E-state index contributed by atoms with van der Waals surface area (Å²) in [6.45, 7) is 47.1. The number of hydrogen-bond acceptors (Lipinski definition) is 17. The number of ether oxygens (including phenoxy) is 12. The molecule has 38 unspecified atom stereocenters. The van der Waals surface area contributed by atoms with Crippen LogP contribution in [-0.2, 0) is 80.8 Å². The molecule has 718 valence electrons. The van der Waals surface area contributed by atoms with Crippen LogP contribution in [0.15, 0.2) is 0 Å². The molecule has 18 aliphatic carbocycles. The summed E-state index contributed by atoms with van der Waals surface area (Å²) < 4.78 is 69.9. The standard InChI is InChI=1S/C29H48O4.C24H44O4.C22H36O2.C19H28O4.C15H24O3/c1-7-31-19(4)32-26(25-12-23-11-24(25)18(3)17(23)2)13-27(30)33-28(5,6)29-14-20-8-21(15-29)10-22(9-20)16-29;1-7-17-11-18(8-2)24-20-12-19(23(17)24)21(13-27-15(5)25-9-3)22(20)14-28-16(6)26-10-4;1-4-14-11-15(5-2)20-17-12-16(19(14)20)13-18(17)21(23)24-22(6-3)9-7-8-10-22;1-3-10-7-11(4-2)17-13-8-12(16(10)17)9-14(13)18(20)23-15-5-6-22-19(15)21;1-9-10(2)12-7-11(9)8-13(12)15(16)18-14-5-3-4-6-17-14/h17-26H,7-16H2,1-6H3;15-24H,7-14H2,1-6H3;14-20H,4-13H2,1-3H3;10-17H,3-9H2,1-2H3;9-14H,3-8H2,1-2H3. The van der Waals surface area contributed by atoms with Gasteiger partial charge in [-0.15, -0.1) is 0 Å². The first-order chi connectivity index (χ1) is 60.6. The molecule has 0 N–H and O–H groups in total. The van der Waals surface area contributed by atoms with Gasteiger partial charge < -0.3 is 56.8 Å². The lowest BCUT2D eigenvalue weighted by Crippen LogP contribution is -2.57. The highest BCUT2D eigenvalue weighted by atomic mass is 16.7. The summed E-state index contributed by atoms with van der Waals surface area (Å²) in [5, 5.41) is 0. The van der Waals surface area contributed by atoms with Crippen LogP contribution in [0.1, 0.15) is 350 Å². The van der Waals surface area contributed by atoms with Gasteiger partial charge in [-0.2, -0.15) is 0 Å². The van der Waals surface area contributed by atoms with Gasteiger partial charge in [0.2, 0.25) is 12.4 Å². The molecule has 17 heteroatoms. The fourth-order valence-corrected chi connectivity index (χ4v) is 35.1. The number of rotatable bonds is 32. The van der Waals surface area contributed by atoms with E-state index in [1.54, 1.807) is 0 Å². The summed E-state index contributed by atoms with van der Waals surface area (Å²) >= 11 is 0. The lowest BCUT2D eigenvalue weighted by molar-refractivity contribution is -0.209. The second kappa shape index (κ2) is 42.1. The van der Waals surface area contributed by atoms with Crippen molar-refractivity contribution in [3.8, 4) is 0 Å². The molecule has 20 aliphatic rings. The number of esters is 5. The van der Waals surface area contributed by atoms with Gasteiger partial charge in [-0.25, -0.2) is 4.79 Å². The maximum absolute atomic E-state index is 13.5. The van der Waals surface area contributed by atoms with Crippen LogP contribution in [0, 0.1) is 213 Å². The van der Waals surface area contributed by atoms with Crippen molar-refractivity contribution < 1.29 is 80.8 Å². The third kappa shape index (κ3) is 19.9. The first-order valence-electron chi connectivity index (χ1n) is 53.9. The van der Waals surface area contributed by atoms with Crippen LogP contribution in [0.4, 0.5) is 0 Å². The van der Waals surface area contributed by atoms with Gasteiger partial charge >= 0.3 is 29.8 Å². The molecule has 0 amide bonds. The first-order valence-corrected chi connectivity index (χ1v) is 53.9. The molecular weight excluding hydrogens is 1580 g/mol. The van der Waals surface area contributed by atoms with Gasteiger partial charge in [0, 0.05) is 38.1 Å². The smallest absolute Gasteiger partial charge is 0.347 e. The summed E-state index contributed by atoms with van der Waals surface area (Å²) in [6.07, 6.45) is 39.0. The Hall–Kier alpha value is -2.93. The Bertz CT molecular complexity index is 3450. The van der Waals surface area contributed by atoms with Crippen LogP contribution >= 0.6 is 0 Å². The Kier molecular flexibility index (Phi) is 32.6. The molecular formula is C109H180O17. The van der Waals surface area contributed by atoms with Crippen molar-refractivity contribution in [1.29, 1.82) is 0 Å². The Morgan fingerprint density at radius 2 is 0.881 bits per heavy atom. The number of hydrogen-bond donors (Lipinski definition) is 0. The topological polar surface area (TPSA) is 196 Å². The zero-order valence-electron chi connectivity index (χ0n) is 82.6. The normalized spacial score (nSPS) is 45.2. The highest BCUT2D eigenvalue weighted by molar-refractivity contribution is 5.82. The molecule has 2 saturated heterocycles. The summed E-state index contributed by atoms with van der Waals surface area (Å²) in [4.78, 5) is 63.0. The zero-order chi connectivity index (χ0) is 89.5. The molecule has 17 nitrogen and oxygen atoms in total. The van der Waals surface area contributed by atoms with Crippen LogP contribution in [0.25, 0.3) is 0 Å². The fraction of sp³-hybridized carbons (Fsp3) is 0.954. The molecule has 126 heavy (non-hydrogen) atoms. The number of carbonyl (C=O) groups excluding carboxylic acids is 5. The molecule has 0 aromatic rings. The SMILES string of the molecule is CC1C2CC(C(=O)OC3CCCCO3)C(C2)C1C.CCC1CC(CC)C2C3CC(CC3C(=O)OC3(CC)CCCC3)C12.CCC1CC(CC)C2C3CC(CC3C(=O)OC3CCOC3=O)C12.CCOC(C)OC(CC(=O)OC(C)(C)C12CC3CC(CC(C3)C1)C2)C1CC2CC1C(C)C2C.CCOC(C)OCC1C(COC(C)OCC)C2CC1C1C(CC)CC(CC)C21. The second-order valence-corrected chi connectivity index (χ2v) is 46.6. The van der Waals surface area contributed by atoms with Gasteiger partial charge in [0.1, 0.15) is 11.2 Å². The van der Waals surface area contributed by atoms with E-state index in [9.17, 15) is 24.0 Å². The molecule has 0 spiro atoms. The van der Waals surface area contributed by atoms with Crippen molar-refractivity contribution in [1.82, 2.24) is 0 Å². The maximum Gasteiger partial charge on any atom is 0.347 e. The van der Waals surface area contributed by atoms with Crippen LogP contribution in [0.5, 0.6) is 0 Å². The molecule has 20 rings (SSSR count). The van der Waals surface area contributed by atoms with Crippen molar-refractivity contribution in [3.05, 3.63) is 0 Å². The minimum Gasteiger partial charge on any atom is -0.463 e. The van der Waals surface area contributed by atoms with E-state index in [1.807, 2.05) is 41.5 Å².